The van der Waals surface area contributed by atoms with Crippen LogP contribution in [-0.2, 0) is 6.54 Å². The highest BCUT2D eigenvalue weighted by Crippen LogP contribution is 2.26. The Hall–Kier alpha value is -1.07. The molecule has 0 aromatic carbocycles. The molecule has 2 rings (SSSR count). The first-order valence-electron chi connectivity index (χ1n) is 5.23. The molecule has 90 valence electrons. The van der Waals surface area contributed by atoms with Gasteiger partial charge in [-0.15, -0.1) is 11.3 Å². The Morgan fingerprint density at radius 3 is 2.94 bits per heavy atom. The topological polar surface area (TPSA) is 42.2 Å². The van der Waals surface area contributed by atoms with E-state index >= 15 is 0 Å². The van der Waals surface area contributed by atoms with Crippen molar-refractivity contribution in [1.29, 1.82) is 0 Å². The van der Waals surface area contributed by atoms with E-state index in [1.807, 2.05) is 20.0 Å². The van der Waals surface area contributed by atoms with Crippen LogP contribution in [0, 0.1) is 6.92 Å². The number of nitrogens with two attached hydrogens (primary N) is 1. The summed E-state index contributed by atoms with van der Waals surface area (Å²) in [6.45, 7) is 2.80. The van der Waals surface area contributed by atoms with E-state index < -0.39 is 0 Å². The Bertz CT molecular complexity index is 524. The van der Waals surface area contributed by atoms with Gasteiger partial charge in [-0.2, -0.15) is 0 Å². The number of hydrogen-bond donors (Lipinski definition) is 1. The summed E-state index contributed by atoms with van der Waals surface area (Å²) in [5.74, 6) is 0.840. The van der Waals surface area contributed by atoms with Gasteiger partial charge in [0.15, 0.2) is 5.82 Å². The van der Waals surface area contributed by atoms with E-state index in [1.165, 1.54) is 5.56 Å². The third-order valence-corrected chi connectivity index (χ3v) is 4.14. The van der Waals surface area contributed by atoms with Crippen LogP contribution in [-0.4, -0.2) is 12.0 Å². The minimum absolute atomic E-state index is 0.754. The van der Waals surface area contributed by atoms with E-state index in [-0.39, 0.29) is 0 Å². The molecule has 0 amide bonds. The second-order valence-electron chi connectivity index (χ2n) is 3.98. The summed E-state index contributed by atoms with van der Waals surface area (Å²) in [4.78, 5) is 6.40. The van der Waals surface area contributed by atoms with Crippen LogP contribution >= 0.6 is 27.3 Å². The summed E-state index contributed by atoms with van der Waals surface area (Å²) in [6.07, 6.45) is 1.79. The SMILES string of the molecule is Cc1ccnc(N(C)Cc2csc(Br)c2)c1N. The van der Waals surface area contributed by atoms with Gasteiger partial charge in [0, 0.05) is 19.8 Å². The van der Waals surface area contributed by atoms with Gasteiger partial charge >= 0.3 is 0 Å². The van der Waals surface area contributed by atoms with Crippen LogP contribution in [0.25, 0.3) is 0 Å². The lowest BCUT2D eigenvalue weighted by molar-refractivity contribution is 0.902. The number of aromatic nitrogens is 1. The molecule has 0 bridgehead atoms. The van der Waals surface area contributed by atoms with E-state index in [9.17, 15) is 0 Å². The molecule has 0 spiro atoms. The zero-order valence-electron chi connectivity index (χ0n) is 9.77. The first kappa shape index (κ1) is 12.4. The monoisotopic (exact) mass is 311 g/mol. The molecule has 3 nitrogen and oxygen atoms in total. The number of rotatable bonds is 3. The summed E-state index contributed by atoms with van der Waals surface area (Å²) in [5, 5.41) is 2.13. The maximum absolute atomic E-state index is 6.03. The first-order chi connectivity index (χ1) is 8.08. The van der Waals surface area contributed by atoms with Gasteiger partial charge in [0.05, 0.1) is 9.47 Å². The van der Waals surface area contributed by atoms with Gasteiger partial charge in [0.25, 0.3) is 0 Å². The molecule has 0 unspecified atom stereocenters. The average molecular weight is 312 g/mol. The largest absolute Gasteiger partial charge is 0.396 e. The number of nitrogens with zero attached hydrogens (tertiary/aromatic N) is 2. The number of nitrogen functional groups attached to an aromatic ring is 1. The van der Waals surface area contributed by atoms with Crippen LogP contribution in [0.3, 0.4) is 0 Å². The normalized spacial score (nSPS) is 10.5. The second kappa shape index (κ2) is 5.06. The number of anilines is 2. The minimum atomic E-state index is 0.754. The third kappa shape index (κ3) is 2.79. The van der Waals surface area contributed by atoms with Crippen LogP contribution in [0.1, 0.15) is 11.1 Å². The number of halogens is 1. The van der Waals surface area contributed by atoms with Crippen molar-refractivity contribution in [3.05, 3.63) is 38.6 Å². The molecule has 0 saturated carbocycles. The molecule has 17 heavy (non-hydrogen) atoms. The number of thiophene rings is 1. The highest BCUT2D eigenvalue weighted by atomic mass is 79.9. The molecule has 0 atom stereocenters. The summed E-state index contributed by atoms with van der Waals surface area (Å²) in [6, 6.07) is 4.04. The van der Waals surface area contributed by atoms with Crippen molar-refractivity contribution < 1.29 is 0 Å². The molecule has 2 aromatic heterocycles. The van der Waals surface area contributed by atoms with Crippen molar-refractivity contribution in [2.45, 2.75) is 13.5 Å². The van der Waals surface area contributed by atoms with Gasteiger partial charge in [0.2, 0.25) is 0 Å². The van der Waals surface area contributed by atoms with Crippen molar-refractivity contribution in [3.63, 3.8) is 0 Å². The molecule has 2 N–H and O–H groups in total. The van der Waals surface area contributed by atoms with Crippen LogP contribution in [0.4, 0.5) is 11.5 Å². The third-order valence-electron chi connectivity index (χ3n) is 2.59. The molecular formula is C12H14BrN3S. The van der Waals surface area contributed by atoms with Crippen molar-refractivity contribution in [3.8, 4) is 0 Å². The first-order valence-corrected chi connectivity index (χ1v) is 6.90. The molecule has 2 heterocycles. The van der Waals surface area contributed by atoms with Gasteiger partial charge in [-0.25, -0.2) is 4.98 Å². The van der Waals surface area contributed by atoms with Gasteiger partial charge in [-0.3, -0.25) is 0 Å². The number of pyridine rings is 1. The van der Waals surface area contributed by atoms with Crippen LogP contribution in [0.2, 0.25) is 0 Å². The van der Waals surface area contributed by atoms with Gasteiger partial charge < -0.3 is 10.6 Å². The van der Waals surface area contributed by atoms with E-state index in [2.05, 4.69) is 37.3 Å². The van der Waals surface area contributed by atoms with Gasteiger partial charge in [0.1, 0.15) is 0 Å². The molecule has 0 radical (unpaired) electrons. The Morgan fingerprint density at radius 2 is 2.29 bits per heavy atom. The van der Waals surface area contributed by atoms with Crippen molar-refractivity contribution in [2.24, 2.45) is 0 Å². The smallest absolute Gasteiger partial charge is 0.152 e. The fourth-order valence-corrected chi connectivity index (χ4v) is 2.84. The molecule has 5 heteroatoms. The molecule has 0 aliphatic rings. The molecule has 0 aliphatic heterocycles. The lowest BCUT2D eigenvalue weighted by atomic mass is 10.2. The van der Waals surface area contributed by atoms with Crippen molar-refractivity contribution >= 4 is 38.8 Å². The second-order valence-corrected chi connectivity index (χ2v) is 6.27. The zero-order chi connectivity index (χ0) is 12.4. The maximum Gasteiger partial charge on any atom is 0.152 e. The summed E-state index contributed by atoms with van der Waals surface area (Å²) >= 11 is 5.15. The lowest BCUT2D eigenvalue weighted by Crippen LogP contribution is -2.19. The Morgan fingerprint density at radius 1 is 1.53 bits per heavy atom. The van der Waals surface area contributed by atoms with Crippen LogP contribution < -0.4 is 10.6 Å². The fourth-order valence-electron chi connectivity index (χ4n) is 1.64. The van der Waals surface area contributed by atoms with E-state index in [1.54, 1.807) is 17.5 Å². The quantitative estimate of drug-likeness (QED) is 0.944. The van der Waals surface area contributed by atoms with E-state index in [0.717, 1.165) is 27.4 Å². The molecule has 2 aromatic rings. The molecule has 0 saturated heterocycles. The highest BCUT2D eigenvalue weighted by molar-refractivity contribution is 9.11. The predicted molar refractivity (Wildman–Crippen MR) is 77.5 cm³/mol. The van der Waals surface area contributed by atoms with Crippen LogP contribution in [0.5, 0.6) is 0 Å². The highest BCUT2D eigenvalue weighted by Gasteiger charge is 2.09. The molecule has 0 aliphatic carbocycles. The van der Waals surface area contributed by atoms with E-state index in [0.29, 0.717) is 0 Å². The summed E-state index contributed by atoms with van der Waals surface area (Å²) in [5.41, 5.74) is 9.11. The molecular weight excluding hydrogens is 298 g/mol. The Kier molecular flexibility index (Phi) is 3.69. The number of hydrogen-bond acceptors (Lipinski definition) is 4. The zero-order valence-corrected chi connectivity index (χ0v) is 12.2. The molecule has 0 fully saturated rings. The fraction of sp³-hybridized carbons (Fsp3) is 0.250. The van der Waals surface area contributed by atoms with Crippen LogP contribution in [0.15, 0.2) is 27.5 Å². The summed E-state index contributed by atoms with van der Waals surface area (Å²) in [7, 11) is 2.00. The van der Waals surface area contributed by atoms with Crippen molar-refractivity contribution in [1.82, 2.24) is 4.98 Å². The predicted octanol–water partition coefficient (Wildman–Crippen LogP) is 3.43. The summed E-state index contributed by atoms with van der Waals surface area (Å²) < 4.78 is 1.14. The number of aryl methyl sites for hydroxylation is 1. The van der Waals surface area contributed by atoms with Crippen molar-refractivity contribution in [2.75, 3.05) is 17.7 Å². The van der Waals surface area contributed by atoms with Gasteiger partial charge in [-0.05, 0) is 51.5 Å². The Labute approximate surface area is 113 Å². The lowest BCUT2D eigenvalue weighted by Gasteiger charge is -2.20. The average Bonchev–Trinajstić information content (AvgIpc) is 2.68. The maximum atomic E-state index is 6.03. The van der Waals surface area contributed by atoms with E-state index in [4.69, 9.17) is 5.73 Å². The standard InChI is InChI=1S/C12H14BrN3S/c1-8-3-4-15-12(11(8)14)16(2)6-9-5-10(13)17-7-9/h3-5,7H,6,14H2,1-2H3. The Balaban J connectivity index is 2.20. The minimum Gasteiger partial charge on any atom is -0.396 e. The van der Waals surface area contributed by atoms with Gasteiger partial charge in [-0.1, -0.05) is 0 Å².